The second-order valence-corrected chi connectivity index (χ2v) is 11.8. The smallest absolute Gasteiger partial charge is 0.143 e. The highest BCUT2D eigenvalue weighted by molar-refractivity contribution is 6.27. The normalized spacial score (nSPS) is 11.9. The monoisotopic (exact) mass is 563 g/mol. The molecule has 1 aromatic heterocycles. The van der Waals surface area contributed by atoms with Crippen molar-refractivity contribution in [2.24, 2.45) is 0 Å². The zero-order valence-corrected chi connectivity index (χ0v) is 24.6. The van der Waals surface area contributed by atoms with E-state index in [1.54, 1.807) is 0 Å². The van der Waals surface area contributed by atoms with E-state index in [-0.39, 0.29) is 0 Å². The molecule has 9 rings (SSSR count). The standard InChI is InChI=1S/C42H29NO/c1-26-15-16-29-19-22-33-27(2)25-38(37-24-23-32(26)40(29)41(33)37)43(30-9-4-3-5-10-30)31-20-17-28(18-21-31)34-12-8-13-36-35-11-6-7-14-39(35)44-42(34)36/h3-25H,1-2H3. The molecule has 44 heavy (non-hydrogen) atoms. The van der Waals surface area contributed by atoms with Gasteiger partial charge in [0.15, 0.2) is 0 Å². The van der Waals surface area contributed by atoms with E-state index in [0.717, 1.165) is 44.4 Å². The summed E-state index contributed by atoms with van der Waals surface area (Å²) in [6.45, 7) is 4.45. The van der Waals surface area contributed by atoms with Gasteiger partial charge in [0, 0.05) is 33.1 Å². The van der Waals surface area contributed by atoms with Crippen LogP contribution in [0, 0.1) is 13.8 Å². The van der Waals surface area contributed by atoms with E-state index in [9.17, 15) is 0 Å². The van der Waals surface area contributed by atoms with E-state index in [1.165, 1.54) is 49.1 Å². The zero-order chi connectivity index (χ0) is 29.4. The molecule has 1 heterocycles. The number of furan rings is 1. The molecule has 0 saturated carbocycles. The van der Waals surface area contributed by atoms with Crippen LogP contribution in [-0.4, -0.2) is 0 Å². The van der Waals surface area contributed by atoms with Gasteiger partial charge in [-0.15, -0.1) is 0 Å². The third kappa shape index (κ3) is 3.61. The SMILES string of the molecule is Cc1ccc2ccc3c(C)cc(N(c4ccccc4)c4ccc(-c5cccc6c5oc5ccccc56)cc4)c4ccc1c2c34. The molecule has 0 aliphatic heterocycles. The van der Waals surface area contributed by atoms with Crippen LogP contribution in [0.25, 0.3) is 65.4 Å². The summed E-state index contributed by atoms with van der Waals surface area (Å²) < 4.78 is 6.37. The summed E-state index contributed by atoms with van der Waals surface area (Å²) in [4.78, 5) is 2.40. The van der Waals surface area contributed by atoms with Gasteiger partial charge in [-0.3, -0.25) is 0 Å². The molecule has 0 N–H and O–H groups in total. The molecule has 0 spiro atoms. The van der Waals surface area contributed by atoms with Crippen LogP contribution in [0.15, 0.2) is 144 Å². The highest BCUT2D eigenvalue weighted by Gasteiger charge is 2.20. The Morgan fingerprint density at radius 2 is 1.16 bits per heavy atom. The lowest BCUT2D eigenvalue weighted by molar-refractivity contribution is 0.670. The predicted molar refractivity (Wildman–Crippen MR) is 187 cm³/mol. The summed E-state index contributed by atoms with van der Waals surface area (Å²) in [5, 5.41) is 10.2. The van der Waals surface area contributed by atoms with Crippen LogP contribution in [-0.2, 0) is 0 Å². The quantitative estimate of drug-likeness (QED) is 0.198. The zero-order valence-electron chi connectivity index (χ0n) is 24.6. The van der Waals surface area contributed by atoms with Gasteiger partial charge in [0.05, 0.1) is 5.69 Å². The molecular formula is C42H29NO. The molecule has 208 valence electrons. The highest BCUT2D eigenvalue weighted by atomic mass is 16.3. The average Bonchev–Trinajstić information content (AvgIpc) is 3.46. The topological polar surface area (TPSA) is 16.4 Å². The fraction of sp³-hybridized carbons (Fsp3) is 0.0476. The summed E-state index contributed by atoms with van der Waals surface area (Å²) in [7, 11) is 0. The lowest BCUT2D eigenvalue weighted by atomic mass is 9.89. The van der Waals surface area contributed by atoms with Crippen molar-refractivity contribution in [2.45, 2.75) is 13.8 Å². The van der Waals surface area contributed by atoms with Gasteiger partial charge in [0.25, 0.3) is 0 Å². The molecule has 0 radical (unpaired) electrons. The Morgan fingerprint density at radius 3 is 2.02 bits per heavy atom. The average molecular weight is 564 g/mol. The maximum Gasteiger partial charge on any atom is 0.143 e. The summed E-state index contributed by atoms with van der Waals surface area (Å²) in [6.07, 6.45) is 0. The van der Waals surface area contributed by atoms with Crippen LogP contribution in [0.2, 0.25) is 0 Å². The Morgan fingerprint density at radius 1 is 0.477 bits per heavy atom. The number of benzene rings is 8. The first kappa shape index (κ1) is 24.9. The van der Waals surface area contributed by atoms with Gasteiger partial charge in [-0.2, -0.15) is 0 Å². The molecule has 0 amide bonds. The van der Waals surface area contributed by atoms with Crippen molar-refractivity contribution in [3.8, 4) is 11.1 Å². The van der Waals surface area contributed by atoms with E-state index in [0.29, 0.717) is 0 Å². The molecule has 9 aromatic rings. The highest BCUT2D eigenvalue weighted by Crippen LogP contribution is 2.46. The largest absolute Gasteiger partial charge is 0.455 e. The van der Waals surface area contributed by atoms with Crippen molar-refractivity contribution in [1.29, 1.82) is 0 Å². The second-order valence-electron chi connectivity index (χ2n) is 11.8. The molecule has 0 atom stereocenters. The van der Waals surface area contributed by atoms with Crippen LogP contribution in [0.5, 0.6) is 0 Å². The second kappa shape index (κ2) is 9.45. The van der Waals surface area contributed by atoms with Crippen molar-refractivity contribution in [1.82, 2.24) is 0 Å². The summed E-state index contributed by atoms with van der Waals surface area (Å²) in [5.41, 5.74) is 10.1. The number of aryl methyl sites for hydroxylation is 2. The van der Waals surface area contributed by atoms with Gasteiger partial charge in [-0.25, -0.2) is 0 Å². The molecule has 0 bridgehead atoms. The number of anilines is 3. The van der Waals surface area contributed by atoms with Crippen LogP contribution < -0.4 is 4.90 Å². The van der Waals surface area contributed by atoms with E-state index < -0.39 is 0 Å². The van der Waals surface area contributed by atoms with E-state index in [2.05, 4.69) is 146 Å². The summed E-state index contributed by atoms with van der Waals surface area (Å²) in [6, 6.07) is 50.3. The van der Waals surface area contributed by atoms with Crippen molar-refractivity contribution in [2.75, 3.05) is 4.90 Å². The Bertz CT molecular complexity index is 2500. The predicted octanol–water partition coefficient (Wildman–Crippen LogP) is 12.2. The first-order chi connectivity index (χ1) is 21.7. The number of rotatable bonds is 4. The van der Waals surface area contributed by atoms with Crippen molar-refractivity contribution in [3.05, 3.63) is 151 Å². The van der Waals surface area contributed by atoms with E-state index in [1.807, 2.05) is 12.1 Å². The molecule has 8 aromatic carbocycles. The maximum absolute atomic E-state index is 6.37. The number of hydrogen-bond donors (Lipinski definition) is 0. The third-order valence-corrected chi connectivity index (χ3v) is 9.28. The van der Waals surface area contributed by atoms with Gasteiger partial charge >= 0.3 is 0 Å². The molecule has 0 aliphatic rings. The van der Waals surface area contributed by atoms with Crippen LogP contribution in [0.4, 0.5) is 17.1 Å². The van der Waals surface area contributed by atoms with Crippen LogP contribution >= 0.6 is 0 Å². The molecule has 0 fully saturated rings. The van der Waals surface area contributed by atoms with Crippen LogP contribution in [0.1, 0.15) is 11.1 Å². The van der Waals surface area contributed by atoms with Gasteiger partial charge < -0.3 is 9.32 Å². The summed E-state index contributed by atoms with van der Waals surface area (Å²) in [5.74, 6) is 0. The van der Waals surface area contributed by atoms with Gasteiger partial charge in [-0.05, 0) is 93.9 Å². The number of hydrogen-bond acceptors (Lipinski definition) is 2. The molecule has 2 heteroatoms. The first-order valence-electron chi connectivity index (χ1n) is 15.2. The molecule has 0 unspecified atom stereocenters. The number of fused-ring (bicyclic) bond motifs is 3. The fourth-order valence-electron chi connectivity index (χ4n) is 7.15. The minimum Gasteiger partial charge on any atom is -0.455 e. The number of nitrogens with zero attached hydrogens (tertiary/aromatic N) is 1. The Hall–Kier alpha value is -5.60. The van der Waals surface area contributed by atoms with Crippen molar-refractivity contribution >= 4 is 71.3 Å². The van der Waals surface area contributed by atoms with Crippen LogP contribution in [0.3, 0.4) is 0 Å². The van der Waals surface area contributed by atoms with E-state index in [4.69, 9.17) is 4.42 Å². The van der Waals surface area contributed by atoms with Gasteiger partial charge in [-0.1, -0.05) is 103 Å². The maximum atomic E-state index is 6.37. The first-order valence-corrected chi connectivity index (χ1v) is 15.2. The summed E-state index contributed by atoms with van der Waals surface area (Å²) >= 11 is 0. The third-order valence-electron chi connectivity index (χ3n) is 9.28. The van der Waals surface area contributed by atoms with Crippen molar-refractivity contribution < 1.29 is 4.42 Å². The molecule has 0 saturated heterocycles. The van der Waals surface area contributed by atoms with Crippen molar-refractivity contribution in [3.63, 3.8) is 0 Å². The Kier molecular flexibility index (Phi) is 5.36. The minimum atomic E-state index is 0.918. The minimum absolute atomic E-state index is 0.918. The Labute approximate surface area is 255 Å². The lowest BCUT2D eigenvalue weighted by Crippen LogP contribution is -2.11. The lowest BCUT2D eigenvalue weighted by Gasteiger charge is -2.28. The van der Waals surface area contributed by atoms with E-state index >= 15 is 0 Å². The van der Waals surface area contributed by atoms with Gasteiger partial charge in [0.2, 0.25) is 0 Å². The molecule has 0 aliphatic carbocycles. The number of para-hydroxylation sites is 3. The molecular weight excluding hydrogens is 534 g/mol. The fourth-order valence-corrected chi connectivity index (χ4v) is 7.15. The molecule has 2 nitrogen and oxygen atoms in total. The Balaban J connectivity index is 1.26. The van der Waals surface area contributed by atoms with Gasteiger partial charge in [0.1, 0.15) is 11.2 Å².